The lowest BCUT2D eigenvalue weighted by Gasteiger charge is -2.07. The Morgan fingerprint density at radius 1 is 1.50 bits per heavy atom. The first-order chi connectivity index (χ1) is 9.59. The summed E-state index contributed by atoms with van der Waals surface area (Å²) in [6.07, 6.45) is 3.38. The van der Waals surface area contributed by atoms with Crippen LogP contribution in [0.25, 0.3) is 0 Å². The standard InChI is InChI=1S/C14H15BrFN3O/c1-9-10(8-18-19-9)4-3-7-17-14(20)13-11(15)5-2-6-12(13)16/h2,5-6,8H,3-4,7H2,1H3,(H,17,20)(H,18,19). The van der Waals surface area contributed by atoms with Gasteiger partial charge in [0.25, 0.3) is 5.91 Å². The van der Waals surface area contributed by atoms with Gasteiger partial charge in [-0.3, -0.25) is 9.89 Å². The van der Waals surface area contributed by atoms with Crippen molar-refractivity contribution in [2.24, 2.45) is 0 Å². The molecule has 1 amide bonds. The van der Waals surface area contributed by atoms with Gasteiger partial charge in [0, 0.05) is 16.7 Å². The van der Waals surface area contributed by atoms with Crippen LogP contribution in [0.15, 0.2) is 28.9 Å². The van der Waals surface area contributed by atoms with Crippen LogP contribution < -0.4 is 5.32 Å². The zero-order valence-corrected chi connectivity index (χ0v) is 12.6. The van der Waals surface area contributed by atoms with Crippen molar-refractivity contribution in [2.75, 3.05) is 6.54 Å². The quantitative estimate of drug-likeness (QED) is 0.822. The van der Waals surface area contributed by atoms with Crippen molar-refractivity contribution in [3.63, 3.8) is 0 Å². The summed E-state index contributed by atoms with van der Waals surface area (Å²) in [5, 5.41) is 9.53. The molecule has 2 N–H and O–H groups in total. The molecule has 0 atom stereocenters. The van der Waals surface area contributed by atoms with Crippen molar-refractivity contribution in [3.05, 3.63) is 51.5 Å². The molecule has 0 radical (unpaired) electrons. The van der Waals surface area contributed by atoms with E-state index in [1.54, 1.807) is 18.3 Å². The molecule has 0 bridgehead atoms. The molecular formula is C14H15BrFN3O. The summed E-state index contributed by atoms with van der Waals surface area (Å²) in [6, 6.07) is 4.47. The number of aromatic nitrogens is 2. The van der Waals surface area contributed by atoms with E-state index in [0.717, 1.165) is 24.1 Å². The second-order valence-corrected chi connectivity index (χ2v) is 5.33. The monoisotopic (exact) mass is 339 g/mol. The number of nitrogens with one attached hydrogen (secondary N) is 2. The minimum Gasteiger partial charge on any atom is -0.352 e. The number of benzene rings is 1. The predicted octanol–water partition coefficient (Wildman–Crippen LogP) is 2.98. The lowest BCUT2D eigenvalue weighted by molar-refractivity contribution is 0.0948. The number of hydrogen-bond acceptors (Lipinski definition) is 2. The number of rotatable bonds is 5. The Morgan fingerprint density at radius 2 is 2.30 bits per heavy atom. The highest BCUT2D eigenvalue weighted by Gasteiger charge is 2.14. The molecule has 0 aliphatic rings. The Hall–Kier alpha value is -1.69. The second kappa shape index (κ2) is 6.65. The van der Waals surface area contributed by atoms with Gasteiger partial charge in [0.05, 0.1) is 11.8 Å². The molecule has 0 spiro atoms. The zero-order chi connectivity index (χ0) is 14.5. The topological polar surface area (TPSA) is 57.8 Å². The van der Waals surface area contributed by atoms with Crippen LogP contribution in [0.2, 0.25) is 0 Å². The molecule has 0 aliphatic heterocycles. The van der Waals surface area contributed by atoms with Crippen molar-refractivity contribution < 1.29 is 9.18 Å². The van der Waals surface area contributed by atoms with Gasteiger partial charge < -0.3 is 5.32 Å². The third-order valence-corrected chi connectivity index (χ3v) is 3.69. The minimum atomic E-state index is -0.525. The summed E-state index contributed by atoms with van der Waals surface area (Å²) in [5.74, 6) is -0.929. The highest BCUT2D eigenvalue weighted by molar-refractivity contribution is 9.10. The molecule has 1 heterocycles. The molecule has 1 aromatic heterocycles. The fourth-order valence-electron chi connectivity index (χ4n) is 1.91. The van der Waals surface area contributed by atoms with Crippen LogP contribution in [-0.2, 0) is 6.42 Å². The third kappa shape index (κ3) is 3.45. The van der Waals surface area contributed by atoms with Crippen LogP contribution in [0.4, 0.5) is 4.39 Å². The average molecular weight is 340 g/mol. The van der Waals surface area contributed by atoms with Crippen molar-refractivity contribution in [3.8, 4) is 0 Å². The van der Waals surface area contributed by atoms with E-state index in [-0.39, 0.29) is 5.56 Å². The number of aryl methyl sites for hydroxylation is 2. The Labute approximate surface area is 124 Å². The Balaban J connectivity index is 1.85. The number of nitrogens with zero attached hydrogens (tertiary/aromatic N) is 1. The van der Waals surface area contributed by atoms with E-state index in [2.05, 4.69) is 31.4 Å². The van der Waals surface area contributed by atoms with Gasteiger partial charge in [0.2, 0.25) is 0 Å². The number of aromatic amines is 1. The molecule has 2 aromatic rings. The lowest BCUT2D eigenvalue weighted by Crippen LogP contribution is -2.26. The molecule has 6 heteroatoms. The van der Waals surface area contributed by atoms with Crippen LogP contribution in [0, 0.1) is 12.7 Å². The van der Waals surface area contributed by atoms with Crippen molar-refractivity contribution in [2.45, 2.75) is 19.8 Å². The second-order valence-electron chi connectivity index (χ2n) is 4.48. The van der Waals surface area contributed by atoms with Gasteiger partial charge in [-0.25, -0.2) is 4.39 Å². The summed E-state index contributed by atoms with van der Waals surface area (Å²) in [4.78, 5) is 11.9. The molecule has 2 rings (SSSR count). The van der Waals surface area contributed by atoms with Crippen LogP contribution >= 0.6 is 15.9 Å². The number of carbonyl (C=O) groups is 1. The number of carbonyl (C=O) groups excluding carboxylic acids is 1. The minimum absolute atomic E-state index is 0.0481. The Morgan fingerprint density at radius 3 is 2.95 bits per heavy atom. The number of amides is 1. The van der Waals surface area contributed by atoms with Gasteiger partial charge in [-0.1, -0.05) is 6.07 Å². The molecule has 0 saturated carbocycles. The molecule has 20 heavy (non-hydrogen) atoms. The van der Waals surface area contributed by atoms with Gasteiger partial charge in [-0.05, 0) is 53.4 Å². The fraction of sp³-hybridized carbons (Fsp3) is 0.286. The lowest BCUT2D eigenvalue weighted by atomic mass is 10.1. The molecule has 1 aromatic carbocycles. The molecular weight excluding hydrogens is 325 g/mol. The maximum atomic E-state index is 13.6. The van der Waals surface area contributed by atoms with Gasteiger partial charge in [-0.15, -0.1) is 0 Å². The highest BCUT2D eigenvalue weighted by atomic mass is 79.9. The van der Waals surface area contributed by atoms with E-state index in [1.165, 1.54) is 6.07 Å². The first-order valence-corrected chi connectivity index (χ1v) is 7.10. The maximum Gasteiger partial charge on any atom is 0.255 e. The SMILES string of the molecule is Cc1[nH]ncc1CCCNC(=O)c1c(F)cccc1Br. The third-order valence-electron chi connectivity index (χ3n) is 3.03. The number of halogens is 2. The average Bonchev–Trinajstić information content (AvgIpc) is 2.80. The number of hydrogen-bond donors (Lipinski definition) is 2. The Kier molecular flexibility index (Phi) is 4.89. The first-order valence-electron chi connectivity index (χ1n) is 6.30. The summed E-state index contributed by atoms with van der Waals surface area (Å²) in [7, 11) is 0. The van der Waals surface area contributed by atoms with Gasteiger partial charge in [0.15, 0.2) is 0 Å². The molecule has 0 aliphatic carbocycles. The maximum absolute atomic E-state index is 13.6. The molecule has 0 saturated heterocycles. The van der Waals surface area contributed by atoms with Gasteiger partial charge in [-0.2, -0.15) is 5.10 Å². The summed E-state index contributed by atoms with van der Waals surface area (Å²) in [5.41, 5.74) is 2.21. The van der Waals surface area contributed by atoms with E-state index >= 15 is 0 Å². The predicted molar refractivity (Wildman–Crippen MR) is 78.1 cm³/mol. The summed E-state index contributed by atoms with van der Waals surface area (Å²) < 4.78 is 14.0. The van der Waals surface area contributed by atoms with E-state index in [0.29, 0.717) is 11.0 Å². The summed E-state index contributed by atoms with van der Waals surface area (Å²) in [6.45, 7) is 2.45. The summed E-state index contributed by atoms with van der Waals surface area (Å²) >= 11 is 3.18. The van der Waals surface area contributed by atoms with Crippen LogP contribution in [-0.4, -0.2) is 22.6 Å². The smallest absolute Gasteiger partial charge is 0.255 e. The van der Waals surface area contributed by atoms with Gasteiger partial charge in [0.1, 0.15) is 5.82 Å². The largest absolute Gasteiger partial charge is 0.352 e. The molecule has 106 valence electrons. The first kappa shape index (κ1) is 14.7. The molecule has 0 unspecified atom stereocenters. The van der Waals surface area contributed by atoms with Crippen molar-refractivity contribution in [1.82, 2.24) is 15.5 Å². The van der Waals surface area contributed by atoms with Crippen LogP contribution in [0.1, 0.15) is 28.0 Å². The zero-order valence-electron chi connectivity index (χ0n) is 11.0. The van der Waals surface area contributed by atoms with E-state index in [4.69, 9.17) is 0 Å². The van der Waals surface area contributed by atoms with E-state index in [9.17, 15) is 9.18 Å². The molecule has 0 fully saturated rings. The van der Waals surface area contributed by atoms with Crippen molar-refractivity contribution >= 4 is 21.8 Å². The van der Waals surface area contributed by atoms with E-state index in [1.807, 2.05) is 6.92 Å². The Bertz CT molecular complexity index is 592. The normalized spacial score (nSPS) is 10.6. The highest BCUT2D eigenvalue weighted by Crippen LogP contribution is 2.19. The van der Waals surface area contributed by atoms with Crippen LogP contribution in [0.5, 0.6) is 0 Å². The number of H-pyrrole nitrogens is 1. The van der Waals surface area contributed by atoms with E-state index < -0.39 is 11.7 Å². The molecule has 4 nitrogen and oxygen atoms in total. The van der Waals surface area contributed by atoms with Crippen LogP contribution in [0.3, 0.4) is 0 Å². The fourth-order valence-corrected chi connectivity index (χ4v) is 2.43. The van der Waals surface area contributed by atoms with Gasteiger partial charge >= 0.3 is 0 Å². The van der Waals surface area contributed by atoms with Crippen molar-refractivity contribution in [1.29, 1.82) is 0 Å².